The molecule has 1 aliphatic rings. The molecule has 2 unspecified atom stereocenters. The molecule has 2 rings (SSSR count). The molecule has 1 fully saturated rings. The lowest BCUT2D eigenvalue weighted by Crippen LogP contribution is -2.59. The normalized spacial score (nSPS) is 25.1. The number of rotatable bonds is 9. The second-order valence-corrected chi connectivity index (χ2v) is 8.00. The summed E-state index contributed by atoms with van der Waals surface area (Å²) in [4.78, 5) is 37.5. The highest BCUT2D eigenvalue weighted by Gasteiger charge is 2.49. The van der Waals surface area contributed by atoms with E-state index in [-0.39, 0.29) is 6.61 Å². The summed E-state index contributed by atoms with van der Waals surface area (Å²) in [7, 11) is 0. The van der Waals surface area contributed by atoms with Gasteiger partial charge in [0.2, 0.25) is 0 Å². The van der Waals surface area contributed by atoms with Crippen molar-refractivity contribution in [2.45, 2.75) is 57.0 Å². The molecule has 0 radical (unpaired) electrons. The Labute approximate surface area is 184 Å². The van der Waals surface area contributed by atoms with Crippen molar-refractivity contribution in [2.75, 3.05) is 12.4 Å². The summed E-state index contributed by atoms with van der Waals surface area (Å²) in [5, 5.41) is 3.74. The van der Waals surface area contributed by atoms with Crippen LogP contribution in [0.5, 0.6) is 0 Å². The van der Waals surface area contributed by atoms with Crippen molar-refractivity contribution in [3.8, 4) is 0 Å². The largest absolute Gasteiger partial charge is 0.463 e. The summed E-state index contributed by atoms with van der Waals surface area (Å²) in [6.45, 7) is 3.44. The number of nitrogens with zero attached hydrogens (tertiary/aromatic N) is 3. The third kappa shape index (κ3) is 7.78. The SMILES string of the molecule is CC(=O)OCC1O[C@H](SCCc2ccccc2)[C@@H](OC(C)=O)C(N=[N+]=[N-])[C@H]1OC(C)=O. The van der Waals surface area contributed by atoms with E-state index in [1.54, 1.807) is 0 Å². The number of hydrogen-bond donors (Lipinski definition) is 0. The van der Waals surface area contributed by atoms with Crippen LogP contribution in [-0.2, 0) is 39.8 Å². The predicted molar refractivity (Wildman–Crippen MR) is 112 cm³/mol. The molecule has 0 aliphatic carbocycles. The maximum atomic E-state index is 11.7. The van der Waals surface area contributed by atoms with Crippen molar-refractivity contribution < 1.29 is 33.3 Å². The first-order valence-corrected chi connectivity index (χ1v) is 10.7. The van der Waals surface area contributed by atoms with Crippen LogP contribution in [0.15, 0.2) is 35.4 Å². The van der Waals surface area contributed by atoms with Gasteiger partial charge in [0.25, 0.3) is 0 Å². The first kappa shape index (κ1) is 24.5. The van der Waals surface area contributed by atoms with Gasteiger partial charge in [-0.05, 0) is 23.3 Å². The predicted octanol–water partition coefficient (Wildman–Crippen LogP) is 2.79. The summed E-state index contributed by atoms with van der Waals surface area (Å²) in [5.74, 6) is -1.16. The Bertz CT molecular complexity index is 816. The standard InChI is InChI=1S/C20H25N3O7S/c1-12(24)27-11-16-18(28-13(2)25)17(22-23-21)19(29-14(3)26)20(30-16)31-10-9-15-7-5-4-6-8-15/h4-8,16-20H,9-11H2,1-3H3/t16?,17?,18-,19-,20+/m0/s1. The van der Waals surface area contributed by atoms with Crippen LogP contribution in [0.1, 0.15) is 26.3 Å². The van der Waals surface area contributed by atoms with E-state index in [9.17, 15) is 14.4 Å². The third-order valence-electron chi connectivity index (χ3n) is 4.37. The van der Waals surface area contributed by atoms with Crippen LogP contribution in [0.25, 0.3) is 10.4 Å². The average Bonchev–Trinajstić information content (AvgIpc) is 2.71. The molecular formula is C20H25N3O7S. The molecule has 0 aromatic heterocycles. The van der Waals surface area contributed by atoms with Crippen LogP contribution in [-0.4, -0.2) is 60.1 Å². The molecule has 168 valence electrons. The van der Waals surface area contributed by atoms with Crippen molar-refractivity contribution in [1.82, 2.24) is 0 Å². The zero-order valence-electron chi connectivity index (χ0n) is 17.5. The minimum absolute atomic E-state index is 0.215. The van der Waals surface area contributed by atoms with Crippen molar-refractivity contribution >= 4 is 29.7 Å². The van der Waals surface area contributed by atoms with E-state index in [1.807, 2.05) is 30.3 Å². The summed E-state index contributed by atoms with van der Waals surface area (Å²) < 4.78 is 21.8. The maximum absolute atomic E-state index is 11.7. The molecule has 0 N–H and O–H groups in total. The van der Waals surface area contributed by atoms with E-state index in [1.165, 1.54) is 32.5 Å². The van der Waals surface area contributed by atoms with Gasteiger partial charge in [-0.2, -0.15) is 0 Å². The zero-order chi connectivity index (χ0) is 22.8. The van der Waals surface area contributed by atoms with Gasteiger partial charge in [0.05, 0.1) is 0 Å². The van der Waals surface area contributed by atoms with Crippen LogP contribution in [0.2, 0.25) is 0 Å². The Morgan fingerprint density at radius 1 is 1.06 bits per heavy atom. The smallest absolute Gasteiger partial charge is 0.303 e. The molecule has 1 aliphatic heterocycles. The molecule has 0 saturated carbocycles. The van der Waals surface area contributed by atoms with E-state index in [4.69, 9.17) is 24.5 Å². The molecule has 31 heavy (non-hydrogen) atoms. The molecule has 1 saturated heterocycles. The van der Waals surface area contributed by atoms with Gasteiger partial charge in [-0.1, -0.05) is 35.4 Å². The van der Waals surface area contributed by atoms with E-state index >= 15 is 0 Å². The second kappa shape index (κ2) is 12.2. The number of carbonyl (C=O) groups is 3. The number of carbonyl (C=O) groups excluding carboxylic acids is 3. The highest BCUT2D eigenvalue weighted by Crippen LogP contribution is 2.34. The van der Waals surface area contributed by atoms with Crippen molar-refractivity contribution in [3.63, 3.8) is 0 Å². The summed E-state index contributed by atoms with van der Waals surface area (Å²) in [6.07, 6.45) is -2.26. The Morgan fingerprint density at radius 2 is 1.71 bits per heavy atom. The van der Waals surface area contributed by atoms with Gasteiger partial charge in [-0.3, -0.25) is 14.4 Å². The van der Waals surface area contributed by atoms with Crippen LogP contribution in [0, 0.1) is 0 Å². The lowest BCUT2D eigenvalue weighted by Gasteiger charge is -2.43. The van der Waals surface area contributed by atoms with Crippen molar-refractivity contribution in [1.29, 1.82) is 0 Å². The van der Waals surface area contributed by atoms with Crippen molar-refractivity contribution in [3.05, 3.63) is 46.3 Å². The number of thioether (sulfide) groups is 1. The van der Waals surface area contributed by atoms with Crippen molar-refractivity contribution in [2.24, 2.45) is 5.11 Å². The minimum atomic E-state index is -1.09. The maximum Gasteiger partial charge on any atom is 0.303 e. The number of benzene rings is 1. The van der Waals surface area contributed by atoms with E-state index in [0.717, 1.165) is 12.0 Å². The molecule has 5 atom stereocenters. The summed E-state index contributed by atoms with van der Waals surface area (Å²) in [6, 6.07) is 8.74. The molecule has 10 nitrogen and oxygen atoms in total. The molecule has 1 aromatic rings. The molecule has 1 aromatic carbocycles. The van der Waals surface area contributed by atoms with Gasteiger partial charge in [0.1, 0.15) is 36.4 Å². The van der Waals surface area contributed by atoms with Gasteiger partial charge < -0.3 is 18.9 Å². The Morgan fingerprint density at radius 3 is 2.29 bits per heavy atom. The molecule has 0 amide bonds. The minimum Gasteiger partial charge on any atom is -0.463 e. The third-order valence-corrected chi connectivity index (χ3v) is 5.52. The molecule has 0 bridgehead atoms. The fourth-order valence-electron chi connectivity index (χ4n) is 3.15. The fraction of sp³-hybridized carbons (Fsp3) is 0.550. The number of ether oxygens (including phenoxy) is 4. The van der Waals surface area contributed by atoms with Gasteiger partial charge in [0, 0.05) is 25.7 Å². The van der Waals surface area contributed by atoms with Gasteiger partial charge in [-0.15, -0.1) is 11.8 Å². The van der Waals surface area contributed by atoms with E-state index in [2.05, 4.69) is 10.0 Å². The van der Waals surface area contributed by atoms with Gasteiger partial charge >= 0.3 is 17.9 Å². The molecule has 11 heteroatoms. The molecule has 1 heterocycles. The first-order valence-electron chi connectivity index (χ1n) is 9.64. The fourth-order valence-corrected chi connectivity index (χ4v) is 4.36. The van der Waals surface area contributed by atoms with Crippen LogP contribution in [0.4, 0.5) is 0 Å². The second-order valence-electron chi connectivity index (χ2n) is 6.80. The summed E-state index contributed by atoms with van der Waals surface area (Å²) >= 11 is 1.37. The summed E-state index contributed by atoms with van der Waals surface area (Å²) in [5.41, 5.74) is 9.48. The Hall–Kier alpha value is -2.75. The first-order chi connectivity index (χ1) is 14.8. The Balaban J connectivity index is 2.26. The molecule has 0 spiro atoms. The average molecular weight is 452 g/mol. The topological polar surface area (TPSA) is 137 Å². The van der Waals surface area contributed by atoms with Crippen LogP contribution < -0.4 is 0 Å². The van der Waals surface area contributed by atoms with E-state index in [0.29, 0.717) is 5.75 Å². The van der Waals surface area contributed by atoms with Gasteiger partial charge in [0.15, 0.2) is 0 Å². The number of esters is 3. The van der Waals surface area contributed by atoms with Crippen LogP contribution >= 0.6 is 11.8 Å². The number of hydrogen-bond acceptors (Lipinski definition) is 9. The van der Waals surface area contributed by atoms with Gasteiger partial charge in [-0.25, -0.2) is 0 Å². The Kier molecular flexibility index (Phi) is 9.64. The van der Waals surface area contributed by atoms with Crippen LogP contribution in [0.3, 0.4) is 0 Å². The highest BCUT2D eigenvalue weighted by molar-refractivity contribution is 7.99. The zero-order valence-corrected chi connectivity index (χ0v) is 18.3. The number of azide groups is 1. The highest BCUT2D eigenvalue weighted by atomic mass is 32.2. The lowest BCUT2D eigenvalue weighted by molar-refractivity contribution is -0.201. The quantitative estimate of drug-likeness (QED) is 0.184. The lowest BCUT2D eigenvalue weighted by atomic mass is 9.97. The van der Waals surface area contributed by atoms with E-state index < -0.39 is 47.7 Å². The number of aryl methyl sites for hydroxylation is 1. The molecular weight excluding hydrogens is 426 g/mol. The monoisotopic (exact) mass is 451 g/mol.